The van der Waals surface area contributed by atoms with Crippen molar-refractivity contribution < 1.29 is 0 Å². The monoisotopic (exact) mass is 161 g/mol. The topological polar surface area (TPSA) is 3.24 Å². The van der Waals surface area contributed by atoms with E-state index in [9.17, 15) is 0 Å². The zero-order chi connectivity index (χ0) is 6.69. The Labute approximate surface area is 70.2 Å². The van der Waals surface area contributed by atoms with Gasteiger partial charge in [-0.3, -0.25) is 0 Å². The van der Waals surface area contributed by atoms with Gasteiger partial charge in [0.25, 0.3) is 0 Å². The number of nitrogens with zero attached hydrogens (tertiary/aromatic N) is 1. The van der Waals surface area contributed by atoms with Gasteiger partial charge in [-0.25, -0.2) is 0 Å². The highest BCUT2D eigenvalue weighted by Gasteiger charge is 2.18. The van der Waals surface area contributed by atoms with Crippen LogP contribution in [0.4, 0.5) is 0 Å². The second-order valence-electron chi connectivity index (χ2n) is 2.79. The zero-order valence-corrected chi connectivity index (χ0v) is 6.90. The van der Waals surface area contributed by atoms with Crippen LogP contribution in [0.15, 0.2) is 0 Å². The fourth-order valence-electron chi connectivity index (χ4n) is 1.49. The molecule has 0 aromatic heterocycles. The lowest BCUT2D eigenvalue weighted by molar-refractivity contribution is 0.306. The molecule has 2 heteroatoms. The van der Waals surface area contributed by atoms with Crippen LogP contribution in [-0.4, -0.2) is 30.3 Å². The summed E-state index contributed by atoms with van der Waals surface area (Å²) < 4.78 is 0. The van der Waals surface area contributed by atoms with E-state index in [0.717, 1.165) is 11.8 Å². The van der Waals surface area contributed by atoms with Crippen molar-refractivity contribution in [3.63, 3.8) is 0 Å². The molecule has 1 aliphatic heterocycles. The number of thiol groups is 1. The van der Waals surface area contributed by atoms with Gasteiger partial charge in [0.05, 0.1) is 0 Å². The summed E-state index contributed by atoms with van der Waals surface area (Å²) in [5.74, 6) is 1.04. The van der Waals surface area contributed by atoms with Crippen LogP contribution in [0.25, 0.3) is 0 Å². The molecule has 0 N–H and O–H groups in total. The first-order chi connectivity index (χ1) is 4.34. The average molecular weight is 161 g/mol. The molecule has 0 saturated carbocycles. The zero-order valence-electron chi connectivity index (χ0n) is 6.01. The van der Waals surface area contributed by atoms with Gasteiger partial charge in [0.1, 0.15) is 0 Å². The van der Waals surface area contributed by atoms with Crippen LogP contribution < -0.4 is 0 Å². The second kappa shape index (κ2) is 5.03. The first-order valence-electron chi connectivity index (χ1n) is 3.65. The van der Waals surface area contributed by atoms with E-state index < -0.39 is 0 Å². The van der Waals surface area contributed by atoms with Crippen LogP contribution in [0.5, 0.6) is 0 Å². The van der Waals surface area contributed by atoms with Crippen molar-refractivity contribution in [1.29, 1.82) is 0 Å². The average Bonchev–Trinajstić information content (AvgIpc) is 2.18. The molecule has 1 atom stereocenters. The summed E-state index contributed by atoms with van der Waals surface area (Å²) in [6.07, 6.45) is 4.03. The first-order valence-corrected chi connectivity index (χ1v) is 4.29. The molecule has 1 aliphatic rings. The second-order valence-corrected chi connectivity index (χ2v) is 3.24. The van der Waals surface area contributed by atoms with E-state index in [1.54, 1.807) is 0 Å². The molecule has 1 saturated heterocycles. The van der Waals surface area contributed by atoms with E-state index in [-0.39, 0.29) is 7.43 Å². The fourth-order valence-corrected chi connectivity index (χ4v) is 1.79. The van der Waals surface area contributed by atoms with Gasteiger partial charge >= 0.3 is 0 Å². The SMILES string of the molecule is C.CN1CCCC1CCS. The molecule has 10 heavy (non-hydrogen) atoms. The Kier molecular flexibility index (Phi) is 5.18. The van der Waals surface area contributed by atoms with Gasteiger partial charge in [-0.05, 0) is 38.6 Å². The van der Waals surface area contributed by atoms with E-state index in [2.05, 4.69) is 24.6 Å². The fraction of sp³-hybridized carbons (Fsp3) is 1.00. The Morgan fingerprint density at radius 2 is 2.30 bits per heavy atom. The van der Waals surface area contributed by atoms with Gasteiger partial charge in [-0.15, -0.1) is 0 Å². The van der Waals surface area contributed by atoms with E-state index >= 15 is 0 Å². The normalized spacial score (nSPS) is 26.4. The largest absolute Gasteiger partial charge is 0.303 e. The molecule has 0 aliphatic carbocycles. The highest BCUT2D eigenvalue weighted by molar-refractivity contribution is 7.80. The molecule has 0 aromatic rings. The summed E-state index contributed by atoms with van der Waals surface area (Å²) in [6.45, 7) is 1.29. The van der Waals surface area contributed by atoms with Gasteiger partial charge in [-0.1, -0.05) is 7.43 Å². The molecule has 0 aromatic carbocycles. The molecule has 0 amide bonds. The van der Waals surface area contributed by atoms with Crippen molar-refractivity contribution in [3.05, 3.63) is 0 Å². The Hall–Kier alpha value is 0.310. The molecule has 1 heterocycles. The summed E-state index contributed by atoms with van der Waals surface area (Å²) >= 11 is 4.21. The van der Waals surface area contributed by atoms with Crippen molar-refractivity contribution in [1.82, 2.24) is 4.90 Å². The minimum absolute atomic E-state index is 0. The Morgan fingerprint density at radius 1 is 1.60 bits per heavy atom. The Bertz CT molecular complexity index is 85.3. The summed E-state index contributed by atoms with van der Waals surface area (Å²) in [7, 11) is 2.21. The third kappa shape index (κ3) is 2.51. The van der Waals surface area contributed by atoms with Gasteiger partial charge in [0.2, 0.25) is 0 Å². The van der Waals surface area contributed by atoms with Crippen molar-refractivity contribution >= 4 is 12.6 Å². The van der Waals surface area contributed by atoms with E-state index in [1.807, 2.05) is 0 Å². The third-order valence-corrected chi connectivity index (χ3v) is 2.39. The summed E-state index contributed by atoms with van der Waals surface area (Å²) in [5.41, 5.74) is 0. The standard InChI is InChI=1S/C7H15NS.CH4/c1-8-5-2-3-7(8)4-6-9;/h7,9H,2-6H2,1H3;1H4. The maximum absolute atomic E-state index is 4.21. The van der Waals surface area contributed by atoms with Crippen LogP contribution in [0, 0.1) is 0 Å². The van der Waals surface area contributed by atoms with Crippen molar-refractivity contribution in [3.8, 4) is 0 Å². The molecule has 1 rings (SSSR count). The number of hydrogen-bond donors (Lipinski definition) is 1. The Balaban J connectivity index is 0.000000810. The summed E-state index contributed by atoms with van der Waals surface area (Å²) in [6, 6.07) is 0.836. The molecular weight excluding hydrogens is 142 g/mol. The van der Waals surface area contributed by atoms with Crippen LogP contribution in [0.3, 0.4) is 0 Å². The maximum atomic E-state index is 4.21. The van der Waals surface area contributed by atoms with Gasteiger partial charge < -0.3 is 4.90 Å². The summed E-state index contributed by atoms with van der Waals surface area (Å²) in [4.78, 5) is 2.44. The Morgan fingerprint density at radius 3 is 2.70 bits per heavy atom. The molecule has 62 valence electrons. The van der Waals surface area contributed by atoms with Crippen LogP contribution >= 0.6 is 12.6 Å². The molecule has 0 spiro atoms. The van der Waals surface area contributed by atoms with Crippen LogP contribution in [-0.2, 0) is 0 Å². The third-order valence-electron chi connectivity index (χ3n) is 2.13. The molecular formula is C8H19NS. The lowest BCUT2D eigenvalue weighted by Crippen LogP contribution is -2.24. The lowest BCUT2D eigenvalue weighted by Gasteiger charge is -2.17. The quantitative estimate of drug-likeness (QED) is 0.607. The van der Waals surface area contributed by atoms with Crippen LogP contribution in [0.2, 0.25) is 0 Å². The highest BCUT2D eigenvalue weighted by Crippen LogP contribution is 2.17. The van der Waals surface area contributed by atoms with Crippen molar-refractivity contribution in [2.75, 3.05) is 19.3 Å². The van der Waals surface area contributed by atoms with E-state index in [0.29, 0.717) is 0 Å². The van der Waals surface area contributed by atoms with Crippen molar-refractivity contribution in [2.45, 2.75) is 32.7 Å². The minimum atomic E-state index is 0. The molecule has 0 bridgehead atoms. The molecule has 1 nitrogen and oxygen atoms in total. The lowest BCUT2D eigenvalue weighted by atomic mass is 10.2. The van der Waals surface area contributed by atoms with Crippen molar-refractivity contribution in [2.24, 2.45) is 0 Å². The van der Waals surface area contributed by atoms with Gasteiger partial charge in [0, 0.05) is 6.04 Å². The van der Waals surface area contributed by atoms with E-state index in [1.165, 1.54) is 25.8 Å². The molecule has 0 radical (unpaired) electrons. The predicted molar refractivity (Wildman–Crippen MR) is 50.9 cm³/mol. The van der Waals surface area contributed by atoms with Crippen LogP contribution in [0.1, 0.15) is 26.7 Å². The highest BCUT2D eigenvalue weighted by atomic mass is 32.1. The van der Waals surface area contributed by atoms with E-state index in [4.69, 9.17) is 0 Å². The van der Waals surface area contributed by atoms with Gasteiger partial charge in [0.15, 0.2) is 0 Å². The number of rotatable bonds is 2. The molecule has 1 fully saturated rings. The maximum Gasteiger partial charge on any atom is 0.0100 e. The number of hydrogen-bond acceptors (Lipinski definition) is 2. The molecule has 1 unspecified atom stereocenters. The first kappa shape index (κ1) is 10.3. The predicted octanol–water partition coefficient (Wildman–Crippen LogP) is 2.04. The minimum Gasteiger partial charge on any atom is -0.303 e. The van der Waals surface area contributed by atoms with Gasteiger partial charge in [-0.2, -0.15) is 12.6 Å². The smallest absolute Gasteiger partial charge is 0.0100 e. The summed E-state index contributed by atoms with van der Waals surface area (Å²) in [5, 5.41) is 0. The number of likely N-dealkylation sites (tertiary alicyclic amines) is 1.